The molecule has 2 heterocycles. The third-order valence-electron chi connectivity index (χ3n) is 5.03. The highest BCUT2D eigenvalue weighted by molar-refractivity contribution is 5.85. The number of likely N-dealkylation sites (N-methyl/N-ethyl adjacent to an activating group) is 1. The van der Waals surface area contributed by atoms with E-state index in [4.69, 9.17) is 9.97 Å². The molecule has 150 valence electrons. The van der Waals surface area contributed by atoms with Gasteiger partial charge in [-0.2, -0.15) is 0 Å². The molecule has 0 unspecified atom stereocenters. The van der Waals surface area contributed by atoms with E-state index in [0.29, 0.717) is 5.82 Å². The summed E-state index contributed by atoms with van der Waals surface area (Å²) in [4.78, 5) is 28.6. The Hall–Kier alpha value is -3.02. The predicted octanol–water partition coefficient (Wildman–Crippen LogP) is 3.53. The summed E-state index contributed by atoms with van der Waals surface area (Å²) in [6.07, 6.45) is 4.81. The number of amides is 1. The third kappa shape index (κ3) is 4.21. The monoisotopic (exact) mass is 389 g/mol. The molecule has 0 saturated carbocycles. The molecule has 1 aromatic carbocycles. The summed E-state index contributed by atoms with van der Waals surface area (Å²) in [6.45, 7) is 6.20. The normalized spacial score (nSPS) is 13.4. The highest BCUT2D eigenvalue weighted by Crippen LogP contribution is 2.31. The van der Waals surface area contributed by atoms with Gasteiger partial charge in [0.2, 0.25) is 5.91 Å². The maximum Gasteiger partial charge on any atom is 0.239 e. The standard InChI is InChI=1S/C23H27N5O/c1-23(2,3)27-20(29)14-28(4)22-17-10-7-11-18(17)25-21(26-22)19-12-15-8-5-6-9-16(15)13-24-19/h5-6,8-9,12-13H,7,10-11,14H2,1-4H3,(H,27,29). The van der Waals surface area contributed by atoms with Crippen LogP contribution in [-0.4, -0.2) is 40.0 Å². The van der Waals surface area contributed by atoms with Gasteiger partial charge < -0.3 is 10.2 Å². The first-order valence-corrected chi connectivity index (χ1v) is 10.1. The van der Waals surface area contributed by atoms with Crippen LogP contribution in [0.15, 0.2) is 36.5 Å². The topological polar surface area (TPSA) is 71.0 Å². The number of anilines is 1. The van der Waals surface area contributed by atoms with Crippen molar-refractivity contribution < 1.29 is 4.79 Å². The summed E-state index contributed by atoms with van der Waals surface area (Å²) in [5.74, 6) is 1.44. The lowest BCUT2D eigenvalue weighted by molar-refractivity contribution is -0.121. The van der Waals surface area contributed by atoms with Crippen LogP contribution in [0.25, 0.3) is 22.3 Å². The van der Waals surface area contributed by atoms with Gasteiger partial charge in [0.15, 0.2) is 5.82 Å². The minimum atomic E-state index is -0.258. The van der Waals surface area contributed by atoms with Crippen molar-refractivity contribution in [2.24, 2.45) is 0 Å². The molecular weight excluding hydrogens is 362 g/mol. The van der Waals surface area contributed by atoms with Gasteiger partial charge in [-0.25, -0.2) is 9.97 Å². The van der Waals surface area contributed by atoms with Crippen molar-refractivity contribution in [3.8, 4) is 11.5 Å². The third-order valence-corrected chi connectivity index (χ3v) is 5.03. The molecular formula is C23H27N5O. The summed E-state index contributed by atoms with van der Waals surface area (Å²) in [7, 11) is 1.92. The smallest absolute Gasteiger partial charge is 0.239 e. The molecule has 2 aromatic heterocycles. The summed E-state index contributed by atoms with van der Waals surface area (Å²) in [5.41, 5.74) is 2.72. The summed E-state index contributed by atoms with van der Waals surface area (Å²) in [6, 6.07) is 10.2. The van der Waals surface area contributed by atoms with E-state index in [0.717, 1.165) is 52.8 Å². The summed E-state index contributed by atoms with van der Waals surface area (Å²) >= 11 is 0. The van der Waals surface area contributed by atoms with E-state index < -0.39 is 0 Å². The van der Waals surface area contributed by atoms with Crippen molar-refractivity contribution in [3.63, 3.8) is 0 Å². The van der Waals surface area contributed by atoms with Crippen molar-refractivity contribution in [1.82, 2.24) is 20.3 Å². The van der Waals surface area contributed by atoms with E-state index in [2.05, 4.69) is 16.4 Å². The van der Waals surface area contributed by atoms with Gasteiger partial charge >= 0.3 is 0 Å². The van der Waals surface area contributed by atoms with Gasteiger partial charge in [-0.1, -0.05) is 24.3 Å². The Morgan fingerprint density at radius 2 is 1.90 bits per heavy atom. The van der Waals surface area contributed by atoms with Gasteiger partial charge in [0, 0.05) is 35.4 Å². The minimum Gasteiger partial charge on any atom is -0.350 e. The Bertz CT molecular complexity index is 1070. The second-order valence-corrected chi connectivity index (χ2v) is 8.72. The van der Waals surface area contributed by atoms with Gasteiger partial charge in [-0.15, -0.1) is 0 Å². The van der Waals surface area contributed by atoms with Crippen LogP contribution in [0.3, 0.4) is 0 Å². The lowest BCUT2D eigenvalue weighted by Gasteiger charge is -2.25. The fourth-order valence-electron chi connectivity index (χ4n) is 3.80. The number of nitrogens with zero attached hydrogens (tertiary/aromatic N) is 4. The Morgan fingerprint density at radius 3 is 2.66 bits per heavy atom. The van der Waals surface area contributed by atoms with Gasteiger partial charge in [0.05, 0.1) is 6.54 Å². The van der Waals surface area contributed by atoms with E-state index >= 15 is 0 Å². The molecule has 6 nitrogen and oxygen atoms in total. The Balaban J connectivity index is 1.69. The number of hydrogen-bond donors (Lipinski definition) is 1. The van der Waals surface area contributed by atoms with E-state index in [9.17, 15) is 4.79 Å². The molecule has 29 heavy (non-hydrogen) atoms. The van der Waals surface area contributed by atoms with Crippen LogP contribution in [0.1, 0.15) is 38.4 Å². The predicted molar refractivity (Wildman–Crippen MR) is 116 cm³/mol. The molecule has 0 fully saturated rings. The average molecular weight is 390 g/mol. The molecule has 1 N–H and O–H groups in total. The maximum absolute atomic E-state index is 12.4. The van der Waals surface area contributed by atoms with Crippen molar-refractivity contribution in [2.75, 3.05) is 18.5 Å². The van der Waals surface area contributed by atoms with Crippen LogP contribution < -0.4 is 10.2 Å². The SMILES string of the molecule is CN(CC(=O)NC(C)(C)C)c1nc(-c2cc3ccccc3cn2)nc2c1CCC2. The molecule has 4 rings (SSSR count). The first kappa shape index (κ1) is 19.3. The van der Waals surface area contributed by atoms with Gasteiger partial charge in [0.1, 0.15) is 11.5 Å². The Labute approximate surface area is 171 Å². The fourth-order valence-corrected chi connectivity index (χ4v) is 3.80. The van der Waals surface area contributed by atoms with Crippen LogP contribution in [0.2, 0.25) is 0 Å². The maximum atomic E-state index is 12.4. The first-order chi connectivity index (χ1) is 13.8. The highest BCUT2D eigenvalue weighted by atomic mass is 16.2. The zero-order valence-electron chi connectivity index (χ0n) is 17.5. The molecule has 6 heteroatoms. The molecule has 1 aliphatic carbocycles. The van der Waals surface area contributed by atoms with Crippen LogP contribution >= 0.6 is 0 Å². The average Bonchev–Trinajstić information content (AvgIpc) is 3.13. The van der Waals surface area contributed by atoms with Gasteiger partial charge in [0.25, 0.3) is 0 Å². The molecule has 0 atom stereocenters. The first-order valence-electron chi connectivity index (χ1n) is 10.1. The lowest BCUT2D eigenvalue weighted by atomic mass is 10.1. The van der Waals surface area contributed by atoms with E-state index in [1.54, 1.807) is 0 Å². The quantitative estimate of drug-likeness (QED) is 0.739. The molecule has 0 aliphatic heterocycles. The van der Waals surface area contributed by atoms with Crippen LogP contribution in [0.5, 0.6) is 0 Å². The number of nitrogens with one attached hydrogen (secondary N) is 1. The second kappa shape index (κ2) is 7.43. The Morgan fingerprint density at radius 1 is 1.14 bits per heavy atom. The number of carbonyl (C=O) groups is 1. The van der Waals surface area contributed by atoms with Crippen molar-refractivity contribution in [1.29, 1.82) is 0 Å². The lowest BCUT2D eigenvalue weighted by Crippen LogP contribution is -2.45. The highest BCUT2D eigenvalue weighted by Gasteiger charge is 2.24. The molecule has 0 radical (unpaired) electrons. The number of hydrogen-bond acceptors (Lipinski definition) is 5. The van der Waals surface area contributed by atoms with Crippen LogP contribution in [0, 0.1) is 0 Å². The minimum absolute atomic E-state index is 0.0178. The number of rotatable bonds is 4. The zero-order chi connectivity index (χ0) is 20.6. The molecule has 0 spiro atoms. The number of aromatic nitrogens is 3. The molecule has 1 aliphatic rings. The van der Waals surface area contributed by atoms with Crippen LogP contribution in [0.4, 0.5) is 5.82 Å². The number of aryl methyl sites for hydroxylation is 1. The van der Waals surface area contributed by atoms with Crippen LogP contribution in [-0.2, 0) is 17.6 Å². The van der Waals surface area contributed by atoms with E-state index in [1.807, 2.05) is 63.2 Å². The summed E-state index contributed by atoms with van der Waals surface area (Å²) in [5, 5.41) is 5.22. The van der Waals surface area contributed by atoms with Crippen molar-refractivity contribution in [3.05, 3.63) is 47.8 Å². The van der Waals surface area contributed by atoms with Crippen molar-refractivity contribution in [2.45, 2.75) is 45.6 Å². The van der Waals surface area contributed by atoms with Crippen molar-refractivity contribution >= 4 is 22.5 Å². The Kier molecular flexibility index (Phi) is 4.94. The summed E-state index contributed by atoms with van der Waals surface area (Å²) < 4.78 is 0. The van der Waals surface area contributed by atoms with E-state index in [1.165, 1.54) is 0 Å². The molecule has 3 aromatic rings. The zero-order valence-corrected chi connectivity index (χ0v) is 17.5. The van der Waals surface area contributed by atoms with E-state index in [-0.39, 0.29) is 18.0 Å². The molecule has 0 saturated heterocycles. The largest absolute Gasteiger partial charge is 0.350 e. The van der Waals surface area contributed by atoms with Gasteiger partial charge in [-0.05, 0) is 51.5 Å². The fraction of sp³-hybridized carbons (Fsp3) is 0.391. The number of pyridine rings is 1. The molecule has 1 amide bonds. The number of benzene rings is 1. The second-order valence-electron chi connectivity index (χ2n) is 8.72. The number of fused-ring (bicyclic) bond motifs is 2. The van der Waals surface area contributed by atoms with Gasteiger partial charge in [-0.3, -0.25) is 9.78 Å². The molecule has 0 bridgehead atoms. The number of carbonyl (C=O) groups excluding carboxylic acids is 1.